The van der Waals surface area contributed by atoms with Crippen molar-refractivity contribution in [3.63, 3.8) is 0 Å². The first-order chi connectivity index (χ1) is 12.2. The molecule has 0 N–H and O–H groups in total. The lowest BCUT2D eigenvalue weighted by Crippen LogP contribution is -2.50. The summed E-state index contributed by atoms with van der Waals surface area (Å²) in [6, 6.07) is 7.83. The van der Waals surface area contributed by atoms with Crippen LogP contribution >= 0.6 is 0 Å². The average Bonchev–Trinajstić information content (AvgIpc) is 3.26. The summed E-state index contributed by atoms with van der Waals surface area (Å²) < 4.78 is 10.8. The molecule has 0 radical (unpaired) electrons. The number of likely N-dealkylation sites (tertiary alicyclic amines) is 1. The van der Waals surface area contributed by atoms with E-state index in [9.17, 15) is 4.79 Å². The SMILES string of the molecule is COc1ccccc1Cc1noc(C2CN(C(=O)C3CCCC3)C2)n1. The molecule has 0 unspecified atom stereocenters. The predicted molar refractivity (Wildman–Crippen MR) is 91.4 cm³/mol. The van der Waals surface area contributed by atoms with Crippen molar-refractivity contribution < 1.29 is 14.1 Å². The third-order valence-corrected chi connectivity index (χ3v) is 5.27. The number of nitrogens with zero attached hydrogens (tertiary/aromatic N) is 3. The Balaban J connectivity index is 1.35. The molecular formula is C19H23N3O3. The maximum absolute atomic E-state index is 12.4. The van der Waals surface area contributed by atoms with E-state index in [2.05, 4.69) is 10.1 Å². The summed E-state index contributed by atoms with van der Waals surface area (Å²) >= 11 is 0. The van der Waals surface area contributed by atoms with Crippen molar-refractivity contribution in [3.8, 4) is 5.75 Å². The van der Waals surface area contributed by atoms with E-state index in [1.54, 1.807) is 7.11 Å². The van der Waals surface area contributed by atoms with Gasteiger partial charge in [-0.15, -0.1) is 0 Å². The first-order valence-corrected chi connectivity index (χ1v) is 8.97. The van der Waals surface area contributed by atoms with E-state index >= 15 is 0 Å². The Hall–Kier alpha value is -2.37. The zero-order chi connectivity index (χ0) is 17.2. The maximum atomic E-state index is 12.4. The van der Waals surface area contributed by atoms with Gasteiger partial charge in [0.2, 0.25) is 11.8 Å². The summed E-state index contributed by atoms with van der Waals surface area (Å²) in [6.07, 6.45) is 5.03. The summed E-state index contributed by atoms with van der Waals surface area (Å²) in [6.45, 7) is 1.40. The topological polar surface area (TPSA) is 68.5 Å². The van der Waals surface area contributed by atoms with Crippen LogP contribution in [0.5, 0.6) is 5.75 Å². The molecule has 1 aromatic heterocycles. The number of rotatable bonds is 5. The highest BCUT2D eigenvalue weighted by Gasteiger charge is 2.38. The molecule has 25 heavy (non-hydrogen) atoms. The molecule has 4 rings (SSSR count). The van der Waals surface area contributed by atoms with E-state index in [-0.39, 0.29) is 11.8 Å². The molecule has 2 fully saturated rings. The number of carbonyl (C=O) groups is 1. The molecule has 1 saturated carbocycles. The van der Waals surface area contributed by atoms with E-state index in [0.29, 0.717) is 37.1 Å². The van der Waals surface area contributed by atoms with Crippen LogP contribution in [0.4, 0.5) is 0 Å². The summed E-state index contributed by atoms with van der Waals surface area (Å²) in [5.74, 6) is 2.84. The molecule has 0 atom stereocenters. The fraction of sp³-hybridized carbons (Fsp3) is 0.526. The van der Waals surface area contributed by atoms with Crippen molar-refractivity contribution >= 4 is 5.91 Å². The van der Waals surface area contributed by atoms with Crippen LogP contribution in [0.3, 0.4) is 0 Å². The molecule has 0 spiro atoms. The van der Waals surface area contributed by atoms with Crippen LogP contribution in [-0.2, 0) is 11.2 Å². The number of para-hydroxylation sites is 1. The van der Waals surface area contributed by atoms with Gasteiger partial charge in [-0.25, -0.2) is 0 Å². The summed E-state index contributed by atoms with van der Waals surface area (Å²) in [4.78, 5) is 18.8. The molecule has 2 heterocycles. The van der Waals surface area contributed by atoms with E-state index in [1.807, 2.05) is 29.2 Å². The molecule has 1 aliphatic carbocycles. The smallest absolute Gasteiger partial charge is 0.233 e. The van der Waals surface area contributed by atoms with Gasteiger partial charge < -0.3 is 14.2 Å². The third kappa shape index (κ3) is 3.25. The Morgan fingerprint density at radius 3 is 2.80 bits per heavy atom. The number of benzene rings is 1. The van der Waals surface area contributed by atoms with Crippen LogP contribution in [0, 0.1) is 5.92 Å². The van der Waals surface area contributed by atoms with Gasteiger partial charge in [0.15, 0.2) is 5.82 Å². The maximum Gasteiger partial charge on any atom is 0.233 e. The number of amides is 1. The average molecular weight is 341 g/mol. The fourth-order valence-electron chi connectivity index (χ4n) is 3.77. The summed E-state index contributed by atoms with van der Waals surface area (Å²) in [5.41, 5.74) is 1.03. The minimum absolute atomic E-state index is 0.171. The Morgan fingerprint density at radius 1 is 1.28 bits per heavy atom. The molecule has 6 nitrogen and oxygen atoms in total. The lowest BCUT2D eigenvalue weighted by atomic mass is 9.96. The van der Waals surface area contributed by atoms with Crippen LogP contribution in [0.1, 0.15) is 48.9 Å². The molecule has 2 aliphatic rings. The van der Waals surface area contributed by atoms with E-state index in [4.69, 9.17) is 9.26 Å². The van der Waals surface area contributed by atoms with Gasteiger partial charge in [-0.05, 0) is 18.9 Å². The second kappa shape index (κ2) is 6.86. The Kier molecular flexibility index (Phi) is 4.42. The zero-order valence-electron chi connectivity index (χ0n) is 14.5. The zero-order valence-corrected chi connectivity index (χ0v) is 14.5. The largest absolute Gasteiger partial charge is 0.496 e. The second-order valence-corrected chi connectivity index (χ2v) is 6.96. The van der Waals surface area contributed by atoms with Gasteiger partial charge in [0.05, 0.1) is 13.0 Å². The molecular weight excluding hydrogens is 318 g/mol. The monoisotopic (exact) mass is 341 g/mol. The van der Waals surface area contributed by atoms with Gasteiger partial charge in [-0.2, -0.15) is 4.98 Å². The normalized spacial score (nSPS) is 18.4. The van der Waals surface area contributed by atoms with Crippen molar-refractivity contribution in [3.05, 3.63) is 41.5 Å². The highest BCUT2D eigenvalue weighted by Crippen LogP contribution is 2.32. The number of methoxy groups -OCH3 is 1. The van der Waals surface area contributed by atoms with Crippen molar-refractivity contribution in [2.75, 3.05) is 20.2 Å². The quantitative estimate of drug-likeness (QED) is 0.836. The first-order valence-electron chi connectivity index (χ1n) is 8.97. The summed E-state index contributed by atoms with van der Waals surface area (Å²) in [5, 5.41) is 4.09. The Morgan fingerprint density at radius 2 is 2.04 bits per heavy atom. The molecule has 1 aromatic carbocycles. The standard InChI is InChI=1S/C19H23N3O3/c1-24-16-9-5-4-8-14(16)10-17-20-18(25-21-17)15-11-22(12-15)19(23)13-6-2-3-7-13/h4-5,8-9,13,15H,2-3,6-7,10-12H2,1H3. The lowest BCUT2D eigenvalue weighted by Gasteiger charge is -2.38. The molecule has 1 amide bonds. The van der Waals surface area contributed by atoms with Crippen molar-refractivity contribution in [2.45, 2.75) is 38.0 Å². The van der Waals surface area contributed by atoms with Crippen LogP contribution in [0.15, 0.2) is 28.8 Å². The van der Waals surface area contributed by atoms with Crippen LogP contribution in [-0.4, -0.2) is 41.1 Å². The number of hydrogen-bond donors (Lipinski definition) is 0. The minimum atomic E-state index is 0.171. The number of aromatic nitrogens is 2. The highest BCUT2D eigenvalue weighted by molar-refractivity contribution is 5.80. The van der Waals surface area contributed by atoms with Crippen LogP contribution in [0.25, 0.3) is 0 Å². The Labute approximate surface area is 147 Å². The number of ether oxygens (including phenoxy) is 1. The number of hydrogen-bond acceptors (Lipinski definition) is 5. The molecule has 6 heteroatoms. The third-order valence-electron chi connectivity index (χ3n) is 5.27. The molecule has 0 bridgehead atoms. The molecule has 1 saturated heterocycles. The Bertz CT molecular complexity index is 746. The lowest BCUT2D eigenvalue weighted by molar-refractivity contribution is -0.140. The predicted octanol–water partition coefficient (Wildman–Crippen LogP) is 2.79. The molecule has 1 aliphatic heterocycles. The van der Waals surface area contributed by atoms with Gasteiger partial charge in [0, 0.05) is 31.0 Å². The van der Waals surface area contributed by atoms with E-state index < -0.39 is 0 Å². The van der Waals surface area contributed by atoms with Gasteiger partial charge in [-0.1, -0.05) is 36.2 Å². The van der Waals surface area contributed by atoms with Crippen molar-refractivity contribution in [1.29, 1.82) is 0 Å². The first kappa shape index (κ1) is 16.1. The van der Waals surface area contributed by atoms with E-state index in [1.165, 1.54) is 12.8 Å². The van der Waals surface area contributed by atoms with Crippen molar-refractivity contribution in [1.82, 2.24) is 15.0 Å². The van der Waals surface area contributed by atoms with Gasteiger partial charge in [0.1, 0.15) is 5.75 Å². The van der Waals surface area contributed by atoms with Crippen LogP contribution in [0.2, 0.25) is 0 Å². The second-order valence-electron chi connectivity index (χ2n) is 6.96. The fourth-order valence-corrected chi connectivity index (χ4v) is 3.77. The van der Waals surface area contributed by atoms with Crippen molar-refractivity contribution in [2.24, 2.45) is 5.92 Å². The van der Waals surface area contributed by atoms with Gasteiger partial charge in [-0.3, -0.25) is 4.79 Å². The van der Waals surface area contributed by atoms with E-state index in [0.717, 1.165) is 24.2 Å². The summed E-state index contributed by atoms with van der Waals surface area (Å²) in [7, 11) is 1.66. The van der Waals surface area contributed by atoms with Gasteiger partial charge >= 0.3 is 0 Å². The highest BCUT2D eigenvalue weighted by atomic mass is 16.5. The molecule has 132 valence electrons. The molecule has 2 aromatic rings. The minimum Gasteiger partial charge on any atom is -0.496 e. The van der Waals surface area contributed by atoms with Crippen LogP contribution < -0.4 is 4.74 Å². The van der Waals surface area contributed by atoms with Gasteiger partial charge in [0.25, 0.3) is 0 Å². The number of carbonyl (C=O) groups excluding carboxylic acids is 1.